The fraction of sp³-hybridized carbons (Fsp3) is 0.778. The summed E-state index contributed by atoms with van der Waals surface area (Å²) < 4.78 is 31.5. The van der Waals surface area contributed by atoms with Gasteiger partial charge in [0.1, 0.15) is 12.2 Å². The van der Waals surface area contributed by atoms with Crippen molar-refractivity contribution in [3.63, 3.8) is 0 Å². The summed E-state index contributed by atoms with van der Waals surface area (Å²) in [5, 5.41) is 6.31. The number of aromatic amines is 1. The molecule has 8 heteroatoms. The van der Waals surface area contributed by atoms with Crippen LogP contribution in [0.5, 0.6) is 0 Å². The van der Waals surface area contributed by atoms with Crippen LogP contribution in [-0.4, -0.2) is 42.1 Å². The lowest BCUT2D eigenvalue weighted by atomic mass is 10.3. The van der Waals surface area contributed by atoms with Crippen molar-refractivity contribution in [3.8, 4) is 0 Å². The summed E-state index contributed by atoms with van der Waals surface area (Å²) in [5.41, 5.74) is 0. The maximum Gasteiger partial charge on any atom is 0.214 e. The fourth-order valence-corrected chi connectivity index (χ4v) is 3.32. The molecule has 2 unspecified atom stereocenters. The Morgan fingerprint density at radius 1 is 1.71 bits per heavy atom. The van der Waals surface area contributed by atoms with Crippen molar-refractivity contribution < 1.29 is 13.2 Å². The van der Waals surface area contributed by atoms with E-state index in [1.54, 1.807) is 6.92 Å². The van der Waals surface area contributed by atoms with Crippen LogP contribution in [-0.2, 0) is 14.8 Å². The molecule has 0 bridgehead atoms. The van der Waals surface area contributed by atoms with Gasteiger partial charge in [0.05, 0.1) is 17.9 Å². The van der Waals surface area contributed by atoms with Gasteiger partial charge in [0.25, 0.3) is 0 Å². The fourth-order valence-electron chi connectivity index (χ4n) is 1.82. The third-order valence-corrected chi connectivity index (χ3v) is 4.15. The summed E-state index contributed by atoms with van der Waals surface area (Å²) >= 11 is 0. The molecule has 0 amide bonds. The number of rotatable bonds is 5. The van der Waals surface area contributed by atoms with Crippen molar-refractivity contribution >= 4 is 10.0 Å². The molecule has 2 heterocycles. The van der Waals surface area contributed by atoms with Crippen LogP contribution in [0.2, 0.25) is 0 Å². The minimum atomic E-state index is -3.35. The van der Waals surface area contributed by atoms with Gasteiger partial charge in [-0.3, -0.25) is 5.10 Å². The lowest BCUT2D eigenvalue weighted by molar-refractivity contribution is 0.127. The summed E-state index contributed by atoms with van der Waals surface area (Å²) in [5.74, 6) is 0.506. The third-order valence-electron chi connectivity index (χ3n) is 2.63. The predicted octanol–water partition coefficient (Wildman–Crippen LogP) is -0.0359. The Balaban J connectivity index is 1.92. The van der Waals surface area contributed by atoms with Crippen LogP contribution in [0.1, 0.15) is 31.6 Å². The van der Waals surface area contributed by atoms with E-state index in [9.17, 15) is 8.42 Å². The molecule has 17 heavy (non-hydrogen) atoms. The highest BCUT2D eigenvalue weighted by Gasteiger charge is 2.25. The smallest absolute Gasteiger partial charge is 0.214 e. The maximum absolute atomic E-state index is 11.8. The zero-order valence-electron chi connectivity index (χ0n) is 9.59. The van der Waals surface area contributed by atoms with E-state index in [-0.39, 0.29) is 11.9 Å². The van der Waals surface area contributed by atoms with Crippen molar-refractivity contribution in [2.75, 3.05) is 12.4 Å². The van der Waals surface area contributed by atoms with Gasteiger partial charge < -0.3 is 4.74 Å². The van der Waals surface area contributed by atoms with Crippen LogP contribution in [0.4, 0.5) is 0 Å². The maximum atomic E-state index is 11.8. The first-order valence-electron chi connectivity index (χ1n) is 5.54. The average Bonchev–Trinajstić information content (AvgIpc) is 2.85. The van der Waals surface area contributed by atoms with E-state index in [4.69, 9.17) is 4.74 Å². The summed E-state index contributed by atoms with van der Waals surface area (Å²) in [6.07, 6.45) is 2.89. The van der Waals surface area contributed by atoms with Gasteiger partial charge in [-0.2, -0.15) is 5.10 Å². The number of nitrogens with one attached hydrogen (secondary N) is 2. The van der Waals surface area contributed by atoms with E-state index in [0.29, 0.717) is 12.4 Å². The first-order chi connectivity index (χ1) is 8.07. The number of aromatic nitrogens is 3. The van der Waals surface area contributed by atoms with Crippen LogP contribution in [0.3, 0.4) is 0 Å². The largest absolute Gasteiger partial charge is 0.377 e. The minimum absolute atomic E-state index is 0.00543. The third kappa shape index (κ3) is 3.48. The normalized spacial score (nSPS) is 22.8. The molecule has 0 saturated carbocycles. The molecular formula is C9H16N4O3S. The second-order valence-corrected chi connectivity index (χ2v) is 5.93. The number of hydrogen-bond donors (Lipinski definition) is 2. The number of hydrogen-bond acceptors (Lipinski definition) is 5. The molecule has 1 aromatic heterocycles. The van der Waals surface area contributed by atoms with Crippen LogP contribution in [0, 0.1) is 0 Å². The number of ether oxygens (including phenoxy) is 1. The Hall–Kier alpha value is -0.990. The Labute approximate surface area is 100 Å². The summed E-state index contributed by atoms with van der Waals surface area (Å²) in [4.78, 5) is 3.91. The van der Waals surface area contributed by atoms with Crippen molar-refractivity contribution in [2.24, 2.45) is 0 Å². The SMILES string of the molecule is CC(NS(=O)(=O)CC1CCCO1)c1ncn[nH]1. The van der Waals surface area contributed by atoms with Gasteiger partial charge in [-0.15, -0.1) is 0 Å². The molecule has 0 aromatic carbocycles. The van der Waals surface area contributed by atoms with Crippen LogP contribution in [0.25, 0.3) is 0 Å². The molecule has 7 nitrogen and oxygen atoms in total. The number of nitrogens with zero attached hydrogens (tertiary/aromatic N) is 2. The lowest BCUT2D eigenvalue weighted by Gasteiger charge is -2.14. The highest BCUT2D eigenvalue weighted by atomic mass is 32.2. The minimum Gasteiger partial charge on any atom is -0.377 e. The molecule has 1 saturated heterocycles. The van der Waals surface area contributed by atoms with Crippen LogP contribution >= 0.6 is 0 Å². The Kier molecular flexibility index (Phi) is 3.75. The summed E-state index contributed by atoms with van der Waals surface area (Å²) in [6, 6.07) is -0.413. The van der Waals surface area contributed by atoms with E-state index < -0.39 is 16.1 Å². The lowest BCUT2D eigenvalue weighted by Crippen LogP contribution is -2.34. The van der Waals surface area contributed by atoms with E-state index in [2.05, 4.69) is 19.9 Å². The van der Waals surface area contributed by atoms with Gasteiger partial charge in [0.2, 0.25) is 10.0 Å². The molecule has 1 aliphatic rings. The van der Waals surface area contributed by atoms with Crippen molar-refractivity contribution in [3.05, 3.63) is 12.2 Å². The molecule has 1 aromatic rings. The molecule has 0 spiro atoms. The first kappa shape index (κ1) is 12.5. The van der Waals surface area contributed by atoms with Gasteiger partial charge in [-0.1, -0.05) is 0 Å². The number of sulfonamides is 1. The van der Waals surface area contributed by atoms with Crippen LogP contribution < -0.4 is 4.72 Å². The molecule has 1 aliphatic heterocycles. The zero-order chi connectivity index (χ0) is 12.3. The quantitative estimate of drug-likeness (QED) is 0.774. The molecule has 2 N–H and O–H groups in total. The van der Waals surface area contributed by atoms with Gasteiger partial charge in [0.15, 0.2) is 0 Å². The molecule has 96 valence electrons. The highest BCUT2D eigenvalue weighted by Crippen LogP contribution is 2.15. The predicted molar refractivity (Wildman–Crippen MR) is 60.7 cm³/mol. The van der Waals surface area contributed by atoms with Gasteiger partial charge >= 0.3 is 0 Å². The van der Waals surface area contributed by atoms with E-state index in [1.165, 1.54) is 6.33 Å². The highest BCUT2D eigenvalue weighted by molar-refractivity contribution is 7.89. The second kappa shape index (κ2) is 5.11. The summed E-state index contributed by atoms with van der Waals surface area (Å²) in [6.45, 7) is 2.37. The van der Waals surface area contributed by atoms with Crippen molar-refractivity contribution in [1.29, 1.82) is 0 Å². The Bertz CT molecular complexity index is 439. The first-order valence-corrected chi connectivity index (χ1v) is 7.19. The molecule has 2 atom stereocenters. The molecule has 2 rings (SSSR count). The van der Waals surface area contributed by atoms with E-state index >= 15 is 0 Å². The molecule has 0 radical (unpaired) electrons. The van der Waals surface area contributed by atoms with E-state index in [1.807, 2.05) is 0 Å². The van der Waals surface area contributed by atoms with Crippen molar-refractivity contribution in [1.82, 2.24) is 19.9 Å². The Morgan fingerprint density at radius 3 is 3.12 bits per heavy atom. The van der Waals surface area contributed by atoms with Gasteiger partial charge in [-0.25, -0.2) is 18.1 Å². The van der Waals surface area contributed by atoms with Gasteiger partial charge in [0, 0.05) is 6.61 Å². The monoisotopic (exact) mass is 260 g/mol. The zero-order valence-corrected chi connectivity index (χ0v) is 10.4. The van der Waals surface area contributed by atoms with E-state index in [0.717, 1.165) is 12.8 Å². The molecule has 0 aliphatic carbocycles. The Morgan fingerprint density at radius 2 is 2.53 bits per heavy atom. The second-order valence-electron chi connectivity index (χ2n) is 4.13. The standard InChI is InChI=1S/C9H16N4O3S/c1-7(9-10-6-11-12-9)13-17(14,15)5-8-3-2-4-16-8/h6-8,13H,2-5H2,1H3,(H,10,11,12). The molecular weight excluding hydrogens is 244 g/mol. The van der Waals surface area contributed by atoms with Crippen LogP contribution in [0.15, 0.2) is 6.33 Å². The van der Waals surface area contributed by atoms with Gasteiger partial charge in [-0.05, 0) is 19.8 Å². The topological polar surface area (TPSA) is 97.0 Å². The molecule has 1 fully saturated rings. The van der Waals surface area contributed by atoms with Crippen molar-refractivity contribution in [2.45, 2.75) is 31.9 Å². The summed E-state index contributed by atoms with van der Waals surface area (Å²) in [7, 11) is -3.35. The average molecular weight is 260 g/mol. The number of H-pyrrole nitrogens is 1.